The van der Waals surface area contributed by atoms with Crippen molar-refractivity contribution in [2.24, 2.45) is 0 Å². The van der Waals surface area contributed by atoms with Gasteiger partial charge in [-0.1, -0.05) is 6.07 Å². The minimum atomic E-state index is -0.284. The maximum atomic E-state index is 12.0. The molecule has 3 N–H and O–H groups in total. The quantitative estimate of drug-likeness (QED) is 0.735. The molecule has 1 aliphatic rings. The van der Waals surface area contributed by atoms with Gasteiger partial charge in [0.05, 0.1) is 26.0 Å². The Labute approximate surface area is 136 Å². The average molecular weight is 323 g/mol. The Kier molecular flexibility index (Phi) is 6.49. The number of methoxy groups -OCH3 is 2. The molecule has 1 fully saturated rings. The van der Waals surface area contributed by atoms with Gasteiger partial charge in [-0.2, -0.15) is 0 Å². The molecule has 0 unspecified atom stereocenters. The van der Waals surface area contributed by atoms with Gasteiger partial charge in [-0.25, -0.2) is 4.79 Å². The van der Waals surface area contributed by atoms with Crippen LogP contribution in [-0.2, 0) is 0 Å². The highest BCUT2D eigenvalue weighted by atomic mass is 16.5. The Morgan fingerprint density at radius 2 is 2.04 bits per heavy atom. The van der Waals surface area contributed by atoms with Crippen LogP contribution in [0, 0.1) is 0 Å². The third-order valence-electron chi connectivity index (χ3n) is 3.92. The lowest BCUT2D eigenvalue weighted by Crippen LogP contribution is -2.41. The van der Waals surface area contributed by atoms with Crippen LogP contribution in [0.25, 0.3) is 0 Å². The average Bonchev–Trinajstić information content (AvgIpc) is 2.56. The largest absolute Gasteiger partial charge is 0.493 e. The first-order valence-corrected chi connectivity index (χ1v) is 7.80. The van der Waals surface area contributed by atoms with Gasteiger partial charge in [-0.05, 0) is 25.0 Å². The molecule has 0 saturated carbocycles. The number of likely N-dealkylation sites (tertiary alicyclic amines) is 1. The van der Waals surface area contributed by atoms with Crippen LogP contribution >= 0.6 is 0 Å². The number of carbonyl (C=O) groups is 1. The van der Waals surface area contributed by atoms with Crippen LogP contribution < -0.4 is 20.1 Å². The van der Waals surface area contributed by atoms with Gasteiger partial charge in [0.25, 0.3) is 0 Å². The van der Waals surface area contributed by atoms with Crippen molar-refractivity contribution in [3.63, 3.8) is 0 Å². The number of hydrogen-bond donors (Lipinski definition) is 3. The first-order valence-electron chi connectivity index (χ1n) is 7.80. The number of carbonyl (C=O) groups excluding carboxylic acids is 1. The number of benzene rings is 1. The van der Waals surface area contributed by atoms with Gasteiger partial charge in [-0.15, -0.1) is 0 Å². The van der Waals surface area contributed by atoms with Gasteiger partial charge in [0, 0.05) is 26.2 Å². The Hall–Kier alpha value is -1.99. The summed E-state index contributed by atoms with van der Waals surface area (Å²) in [5.41, 5.74) is 0.561. The minimum Gasteiger partial charge on any atom is -0.493 e. The van der Waals surface area contributed by atoms with Crippen LogP contribution in [0.4, 0.5) is 10.5 Å². The number of anilines is 1. The van der Waals surface area contributed by atoms with Crippen LogP contribution in [0.3, 0.4) is 0 Å². The molecule has 1 aromatic carbocycles. The molecule has 7 nitrogen and oxygen atoms in total. The molecule has 2 rings (SSSR count). The Morgan fingerprint density at radius 1 is 1.30 bits per heavy atom. The fourth-order valence-corrected chi connectivity index (χ4v) is 2.62. The van der Waals surface area contributed by atoms with Crippen LogP contribution in [0.5, 0.6) is 11.5 Å². The topological polar surface area (TPSA) is 83.1 Å². The summed E-state index contributed by atoms with van der Waals surface area (Å²) in [6.45, 7) is 3.06. The van der Waals surface area contributed by atoms with Crippen molar-refractivity contribution in [1.82, 2.24) is 10.2 Å². The standard InChI is InChI=1S/C16H25N3O4/c1-22-14-5-3-4-13(15(14)23-2)18-16(21)17-8-11-19-9-6-12(20)7-10-19/h3-5,12,20H,6-11H2,1-2H3,(H2,17,18,21). The SMILES string of the molecule is COc1cccc(NC(=O)NCCN2CCC(O)CC2)c1OC. The second-order valence-corrected chi connectivity index (χ2v) is 5.49. The van der Waals surface area contributed by atoms with Crippen molar-refractivity contribution in [3.05, 3.63) is 18.2 Å². The Bertz CT molecular complexity index is 516. The number of aliphatic hydroxyl groups excluding tert-OH is 1. The molecule has 7 heteroatoms. The number of amides is 2. The van der Waals surface area contributed by atoms with Gasteiger partial charge in [0.15, 0.2) is 11.5 Å². The summed E-state index contributed by atoms with van der Waals surface area (Å²) in [7, 11) is 3.09. The summed E-state index contributed by atoms with van der Waals surface area (Å²) in [5, 5.41) is 15.1. The number of nitrogens with zero attached hydrogens (tertiary/aromatic N) is 1. The summed E-state index contributed by atoms with van der Waals surface area (Å²) in [6, 6.07) is 5.03. The first kappa shape index (κ1) is 17.4. The maximum Gasteiger partial charge on any atom is 0.319 e. The van der Waals surface area contributed by atoms with Gasteiger partial charge in [0.1, 0.15) is 0 Å². The number of ether oxygens (including phenoxy) is 2. The maximum absolute atomic E-state index is 12.0. The summed E-state index contributed by atoms with van der Waals surface area (Å²) < 4.78 is 10.5. The lowest BCUT2D eigenvalue weighted by molar-refractivity contribution is 0.0833. The fraction of sp³-hybridized carbons (Fsp3) is 0.562. The van der Waals surface area contributed by atoms with Gasteiger partial charge >= 0.3 is 6.03 Å². The van der Waals surface area contributed by atoms with E-state index in [0.717, 1.165) is 32.5 Å². The highest BCUT2D eigenvalue weighted by Crippen LogP contribution is 2.34. The lowest BCUT2D eigenvalue weighted by atomic mass is 10.1. The van der Waals surface area contributed by atoms with Crippen molar-refractivity contribution in [1.29, 1.82) is 0 Å². The van der Waals surface area contributed by atoms with Crippen LogP contribution in [-0.4, -0.2) is 62.5 Å². The highest BCUT2D eigenvalue weighted by Gasteiger charge is 2.17. The molecular formula is C16H25N3O4. The second-order valence-electron chi connectivity index (χ2n) is 5.49. The van der Waals surface area contributed by atoms with Crippen LogP contribution in [0.1, 0.15) is 12.8 Å². The van der Waals surface area contributed by atoms with E-state index in [1.807, 2.05) is 0 Å². The fourth-order valence-electron chi connectivity index (χ4n) is 2.62. The number of nitrogens with one attached hydrogen (secondary N) is 2. The molecule has 1 aliphatic heterocycles. The molecular weight excluding hydrogens is 298 g/mol. The number of para-hydroxylation sites is 1. The van der Waals surface area contributed by atoms with Crippen molar-refractivity contribution in [2.45, 2.75) is 18.9 Å². The van der Waals surface area contributed by atoms with E-state index in [1.165, 1.54) is 7.11 Å². The second kappa shape index (κ2) is 8.59. The normalized spacial score (nSPS) is 16.0. The number of piperidine rings is 1. The molecule has 1 saturated heterocycles. The summed E-state index contributed by atoms with van der Waals surface area (Å²) in [6.07, 6.45) is 1.42. The molecule has 128 valence electrons. The van der Waals surface area contributed by atoms with Gasteiger partial charge in [0.2, 0.25) is 0 Å². The highest BCUT2D eigenvalue weighted by molar-refractivity contribution is 5.91. The van der Waals surface area contributed by atoms with Gasteiger partial charge < -0.3 is 30.1 Å². The van der Waals surface area contributed by atoms with E-state index in [9.17, 15) is 9.90 Å². The summed E-state index contributed by atoms with van der Waals surface area (Å²) in [4.78, 5) is 14.2. The molecule has 23 heavy (non-hydrogen) atoms. The van der Waals surface area contributed by atoms with E-state index >= 15 is 0 Å². The zero-order valence-electron chi connectivity index (χ0n) is 13.7. The predicted molar refractivity (Wildman–Crippen MR) is 88.2 cm³/mol. The molecule has 0 aromatic heterocycles. The first-order chi connectivity index (χ1) is 11.1. The lowest BCUT2D eigenvalue weighted by Gasteiger charge is -2.29. The molecule has 0 aliphatic carbocycles. The molecule has 1 heterocycles. The minimum absolute atomic E-state index is 0.178. The molecule has 1 aromatic rings. The zero-order chi connectivity index (χ0) is 16.7. The van der Waals surface area contributed by atoms with Gasteiger partial charge in [-0.3, -0.25) is 0 Å². The Morgan fingerprint density at radius 3 is 2.70 bits per heavy atom. The summed E-state index contributed by atoms with van der Waals surface area (Å²) >= 11 is 0. The molecule has 0 radical (unpaired) electrons. The number of aliphatic hydroxyl groups is 1. The van der Waals surface area contributed by atoms with E-state index in [4.69, 9.17) is 9.47 Å². The smallest absolute Gasteiger partial charge is 0.319 e. The van der Waals surface area contributed by atoms with Crippen molar-refractivity contribution < 1.29 is 19.4 Å². The van der Waals surface area contributed by atoms with E-state index in [-0.39, 0.29) is 12.1 Å². The van der Waals surface area contributed by atoms with Crippen LogP contribution in [0.2, 0.25) is 0 Å². The van der Waals surface area contributed by atoms with E-state index in [1.54, 1.807) is 25.3 Å². The van der Waals surface area contributed by atoms with Crippen molar-refractivity contribution in [3.8, 4) is 11.5 Å². The molecule has 0 atom stereocenters. The van der Waals surface area contributed by atoms with E-state index in [0.29, 0.717) is 23.7 Å². The van der Waals surface area contributed by atoms with E-state index < -0.39 is 0 Å². The number of urea groups is 1. The monoisotopic (exact) mass is 323 g/mol. The Balaban J connectivity index is 1.79. The van der Waals surface area contributed by atoms with Crippen LogP contribution in [0.15, 0.2) is 18.2 Å². The van der Waals surface area contributed by atoms with Crippen molar-refractivity contribution >= 4 is 11.7 Å². The number of hydrogen-bond acceptors (Lipinski definition) is 5. The number of rotatable bonds is 6. The molecule has 0 spiro atoms. The van der Waals surface area contributed by atoms with E-state index in [2.05, 4.69) is 15.5 Å². The third-order valence-corrected chi connectivity index (χ3v) is 3.92. The van der Waals surface area contributed by atoms with Crippen molar-refractivity contribution in [2.75, 3.05) is 45.7 Å². The zero-order valence-corrected chi connectivity index (χ0v) is 13.7. The molecule has 0 bridgehead atoms. The molecule has 2 amide bonds. The third kappa shape index (κ3) is 5.01. The summed E-state index contributed by atoms with van der Waals surface area (Å²) in [5.74, 6) is 1.06. The predicted octanol–water partition coefficient (Wildman–Crippen LogP) is 1.28.